The first-order chi connectivity index (χ1) is 10.0. The summed E-state index contributed by atoms with van der Waals surface area (Å²) in [6.07, 6.45) is 0. The first-order valence-corrected chi connectivity index (χ1v) is 7.70. The fraction of sp³-hybridized carbons (Fsp3) is 0.294. The summed E-state index contributed by atoms with van der Waals surface area (Å²) in [5.74, 6) is 0. The summed E-state index contributed by atoms with van der Waals surface area (Å²) in [6, 6.07) is 14.1. The van der Waals surface area contributed by atoms with Crippen molar-refractivity contribution in [3.63, 3.8) is 0 Å². The fourth-order valence-electron chi connectivity index (χ4n) is 2.30. The highest BCUT2D eigenvalue weighted by Crippen LogP contribution is 2.28. The van der Waals surface area contributed by atoms with Gasteiger partial charge in [-0.1, -0.05) is 53.5 Å². The number of nitrogens with zero attached hydrogens (tertiary/aromatic N) is 1. The van der Waals surface area contributed by atoms with E-state index in [1.54, 1.807) is 0 Å². The van der Waals surface area contributed by atoms with E-state index < -0.39 is 0 Å². The summed E-state index contributed by atoms with van der Waals surface area (Å²) in [6.45, 7) is 3.41. The molecule has 1 atom stereocenters. The highest BCUT2D eigenvalue weighted by molar-refractivity contribution is 6.31. The van der Waals surface area contributed by atoms with Crippen LogP contribution in [0, 0.1) is 0 Å². The molecule has 2 aromatic rings. The van der Waals surface area contributed by atoms with Crippen LogP contribution in [-0.2, 0) is 13.1 Å². The average molecular weight is 323 g/mol. The van der Waals surface area contributed by atoms with Crippen molar-refractivity contribution >= 4 is 23.2 Å². The van der Waals surface area contributed by atoms with E-state index in [4.69, 9.17) is 28.9 Å². The minimum absolute atomic E-state index is 0.212. The van der Waals surface area contributed by atoms with Crippen molar-refractivity contribution in [2.45, 2.75) is 26.1 Å². The van der Waals surface area contributed by atoms with Gasteiger partial charge < -0.3 is 5.73 Å². The lowest BCUT2D eigenvalue weighted by molar-refractivity contribution is 0.253. The first-order valence-electron chi connectivity index (χ1n) is 6.95. The molecule has 0 fully saturated rings. The monoisotopic (exact) mass is 322 g/mol. The minimum Gasteiger partial charge on any atom is -0.326 e. The molecule has 2 rings (SSSR count). The molecule has 0 amide bonds. The molecule has 112 valence electrons. The van der Waals surface area contributed by atoms with Crippen LogP contribution >= 0.6 is 23.2 Å². The summed E-state index contributed by atoms with van der Waals surface area (Å²) >= 11 is 12.6. The van der Waals surface area contributed by atoms with Crippen LogP contribution in [0.2, 0.25) is 10.0 Å². The summed E-state index contributed by atoms with van der Waals surface area (Å²) < 4.78 is 0. The van der Waals surface area contributed by atoms with Gasteiger partial charge in [0.25, 0.3) is 0 Å². The van der Waals surface area contributed by atoms with Crippen LogP contribution in [-0.4, -0.2) is 11.9 Å². The lowest BCUT2D eigenvalue weighted by Crippen LogP contribution is -2.22. The quantitative estimate of drug-likeness (QED) is 0.868. The maximum absolute atomic E-state index is 6.33. The molecular formula is C17H20Cl2N2. The smallest absolute Gasteiger partial charge is 0.0454 e. The third-order valence-corrected chi connectivity index (χ3v) is 4.49. The molecule has 1 unspecified atom stereocenters. The van der Waals surface area contributed by atoms with Crippen molar-refractivity contribution in [1.29, 1.82) is 0 Å². The van der Waals surface area contributed by atoms with E-state index >= 15 is 0 Å². The van der Waals surface area contributed by atoms with Crippen molar-refractivity contribution in [1.82, 2.24) is 4.90 Å². The molecule has 21 heavy (non-hydrogen) atoms. The van der Waals surface area contributed by atoms with Crippen LogP contribution in [0.3, 0.4) is 0 Å². The van der Waals surface area contributed by atoms with Crippen LogP contribution in [0.15, 0.2) is 42.5 Å². The third kappa shape index (κ3) is 3.98. The van der Waals surface area contributed by atoms with E-state index in [1.807, 2.05) is 36.4 Å². The second-order valence-corrected chi connectivity index (χ2v) is 6.06. The van der Waals surface area contributed by atoms with Gasteiger partial charge in [-0.15, -0.1) is 0 Å². The summed E-state index contributed by atoms with van der Waals surface area (Å²) in [5.41, 5.74) is 8.89. The molecule has 0 radical (unpaired) electrons. The standard InChI is InChI=1S/C17H20Cl2N2/c1-12(15-5-3-4-6-16(15)18)21(2)11-14-8-7-13(10-20)9-17(14)19/h3-9,12H,10-11,20H2,1-2H3. The summed E-state index contributed by atoms with van der Waals surface area (Å²) in [7, 11) is 2.07. The Morgan fingerprint density at radius 3 is 2.43 bits per heavy atom. The Bertz CT molecular complexity index is 613. The van der Waals surface area contributed by atoms with Gasteiger partial charge in [-0.05, 0) is 42.8 Å². The Morgan fingerprint density at radius 1 is 1.10 bits per heavy atom. The van der Waals surface area contributed by atoms with Crippen molar-refractivity contribution in [2.75, 3.05) is 7.05 Å². The van der Waals surface area contributed by atoms with Crippen LogP contribution in [0.5, 0.6) is 0 Å². The van der Waals surface area contributed by atoms with E-state index in [2.05, 4.69) is 24.9 Å². The third-order valence-electron chi connectivity index (χ3n) is 3.79. The number of hydrogen-bond acceptors (Lipinski definition) is 2. The summed E-state index contributed by atoms with van der Waals surface area (Å²) in [5, 5.41) is 1.55. The molecule has 0 saturated carbocycles. The zero-order chi connectivity index (χ0) is 15.4. The molecule has 2 N–H and O–H groups in total. The Labute approximate surface area is 136 Å². The van der Waals surface area contributed by atoms with Crippen molar-refractivity contribution in [3.05, 3.63) is 69.2 Å². The number of rotatable bonds is 5. The van der Waals surface area contributed by atoms with E-state index in [0.29, 0.717) is 6.54 Å². The maximum atomic E-state index is 6.33. The van der Waals surface area contributed by atoms with Crippen molar-refractivity contribution in [3.8, 4) is 0 Å². The van der Waals surface area contributed by atoms with E-state index in [0.717, 1.165) is 33.3 Å². The molecule has 0 aromatic heterocycles. The van der Waals surface area contributed by atoms with Crippen LogP contribution in [0.4, 0.5) is 0 Å². The normalized spacial score (nSPS) is 12.7. The molecule has 0 bridgehead atoms. The van der Waals surface area contributed by atoms with Crippen molar-refractivity contribution < 1.29 is 0 Å². The van der Waals surface area contributed by atoms with Crippen LogP contribution in [0.1, 0.15) is 29.7 Å². The van der Waals surface area contributed by atoms with E-state index in [1.165, 1.54) is 0 Å². The number of halogens is 2. The van der Waals surface area contributed by atoms with Gasteiger partial charge >= 0.3 is 0 Å². The van der Waals surface area contributed by atoms with Gasteiger partial charge in [0.15, 0.2) is 0 Å². The molecule has 2 nitrogen and oxygen atoms in total. The van der Waals surface area contributed by atoms with Gasteiger partial charge in [0, 0.05) is 29.2 Å². The van der Waals surface area contributed by atoms with E-state index in [9.17, 15) is 0 Å². The van der Waals surface area contributed by atoms with Gasteiger partial charge in [0.05, 0.1) is 0 Å². The number of nitrogens with two attached hydrogens (primary N) is 1. The molecule has 0 aliphatic rings. The topological polar surface area (TPSA) is 29.3 Å². The summed E-state index contributed by atoms with van der Waals surface area (Å²) in [4.78, 5) is 2.23. The number of benzene rings is 2. The Hall–Kier alpha value is -1.06. The largest absolute Gasteiger partial charge is 0.326 e. The Morgan fingerprint density at radius 2 is 1.81 bits per heavy atom. The number of hydrogen-bond donors (Lipinski definition) is 1. The predicted molar refractivity (Wildman–Crippen MR) is 90.7 cm³/mol. The van der Waals surface area contributed by atoms with Crippen molar-refractivity contribution in [2.24, 2.45) is 5.73 Å². The Balaban J connectivity index is 2.14. The molecule has 2 aromatic carbocycles. The molecular weight excluding hydrogens is 303 g/mol. The lowest BCUT2D eigenvalue weighted by Gasteiger charge is -2.26. The van der Waals surface area contributed by atoms with E-state index in [-0.39, 0.29) is 6.04 Å². The predicted octanol–water partition coefficient (Wildman–Crippen LogP) is 4.65. The molecule has 0 aliphatic heterocycles. The zero-order valence-corrected chi connectivity index (χ0v) is 13.8. The Kier molecular flexibility index (Phi) is 5.65. The highest BCUT2D eigenvalue weighted by Gasteiger charge is 2.15. The van der Waals surface area contributed by atoms with Gasteiger partial charge in [0.2, 0.25) is 0 Å². The van der Waals surface area contributed by atoms with Gasteiger partial charge in [0.1, 0.15) is 0 Å². The second kappa shape index (κ2) is 7.28. The second-order valence-electron chi connectivity index (χ2n) is 5.24. The maximum Gasteiger partial charge on any atom is 0.0454 e. The minimum atomic E-state index is 0.212. The molecule has 0 heterocycles. The average Bonchev–Trinajstić information content (AvgIpc) is 2.49. The highest BCUT2D eigenvalue weighted by atomic mass is 35.5. The first kappa shape index (κ1) is 16.3. The lowest BCUT2D eigenvalue weighted by atomic mass is 10.1. The van der Waals surface area contributed by atoms with Gasteiger partial charge in [-0.2, -0.15) is 0 Å². The van der Waals surface area contributed by atoms with Crippen LogP contribution < -0.4 is 5.73 Å². The molecule has 4 heteroatoms. The zero-order valence-electron chi connectivity index (χ0n) is 12.3. The SMILES string of the molecule is CC(c1ccccc1Cl)N(C)Cc1ccc(CN)cc1Cl. The van der Waals surface area contributed by atoms with Crippen LogP contribution in [0.25, 0.3) is 0 Å². The van der Waals surface area contributed by atoms with Gasteiger partial charge in [-0.25, -0.2) is 0 Å². The molecule has 0 saturated heterocycles. The molecule has 0 spiro atoms. The fourth-order valence-corrected chi connectivity index (χ4v) is 2.86. The molecule has 0 aliphatic carbocycles. The van der Waals surface area contributed by atoms with Gasteiger partial charge in [-0.3, -0.25) is 4.90 Å².